The average Bonchev–Trinajstić information content (AvgIpc) is 2.27. The fourth-order valence-corrected chi connectivity index (χ4v) is 0.972. The zero-order valence-corrected chi connectivity index (χ0v) is 8.51. The summed E-state index contributed by atoms with van der Waals surface area (Å²) in [6.45, 7) is 2.08. The molecule has 0 spiro atoms. The number of carbonyl (C=O) groups is 1. The number of aliphatic hydroxyl groups is 1. The normalized spacial score (nSPS) is 10.5. The smallest absolute Gasteiger partial charge is 0.330 e. The van der Waals surface area contributed by atoms with E-state index in [0.717, 1.165) is 5.56 Å². The number of aromatic nitrogens is 1. The van der Waals surface area contributed by atoms with Crippen LogP contribution in [0.3, 0.4) is 0 Å². The topological polar surface area (TPSA) is 59.4 Å². The summed E-state index contributed by atoms with van der Waals surface area (Å²) < 4.78 is 4.71. The molecule has 0 saturated heterocycles. The number of rotatable bonds is 4. The van der Waals surface area contributed by atoms with Gasteiger partial charge in [-0.1, -0.05) is 6.07 Å². The molecule has 0 atom stereocenters. The highest BCUT2D eigenvalue weighted by atomic mass is 16.5. The molecular weight excluding hydrogens is 194 g/mol. The maximum atomic E-state index is 11.0. The van der Waals surface area contributed by atoms with E-state index in [9.17, 15) is 4.79 Å². The number of aliphatic hydroxyl groups excluding tert-OH is 1. The van der Waals surface area contributed by atoms with Crippen molar-refractivity contribution in [2.24, 2.45) is 0 Å². The van der Waals surface area contributed by atoms with Crippen LogP contribution in [0.2, 0.25) is 0 Å². The van der Waals surface area contributed by atoms with Crippen LogP contribution in [0, 0.1) is 0 Å². The molecule has 0 aliphatic rings. The maximum absolute atomic E-state index is 11.0. The summed E-state index contributed by atoms with van der Waals surface area (Å²) in [5, 5.41) is 8.78. The van der Waals surface area contributed by atoms with Gasteiger partial charge in [0.2, 0.25) is 0 Å². The second-order valence-electron chi connectivity index (χ2n) is 2.83. The first kappa shape index (κ1) is 11.4. The van der Waals surface area contributed by atoms with Gasteiger partial charge in [-0.25, -0.2) is 4.79 Å². The third kappa shape index (κ3) is 3.91. The summed E-state index contributed by atoms with van der Waals surface area (Å²) in [5.41, 5.74) is 1.39. The summed E-state index contributed by atoms with van der Waals surface area (Å²) in [6, 6.07) is 3.47. The molecule has 80 valence electrons. The first-order chi connectivity index (χ1) is 7.26. The van der Waals surface area contributed by atoms with Crippen LogP contribution in [-0.4, -0.2) is 22.7 Å². The number of carbonyl (C=O) groups excluding carboxylic acids is 1. The van der Waals surface area contributed by atoms with Gasteiger partial charge >= 0.3 is 5.97 Å². The van der Waals surface area contributed by atoms with Gasteiger partial charge in [-0.3, -0.25) is 4.98 Å². The van der Waals surface area contributed by atoms with Crippen LogP contribution in [0.1, 0.15) is 18.2 Å². The minimum absolute atomic E-state index is 0.0329. The van der Waals surface area contributed by atoms with E-state index in [1.807, 2.05) is 0 Å². The summed E-state index contributed by atoms with van der Waals surface area (Å²) >= 11 is 0. The van der Waals surface area contributed by atoms with Gasteiger partial charge in [-0.2, -0.15) is 0 Å². The van der Waals surface area contributed by atoms with Crippen LogP contribution >= 0.6 is 0 Å². The van der Waals surface area contributed by atoms with Crippen LogP contribution in [-0.2, 0) is 16.1 Å². The van der Waals surface area contributed by atoms with Crippen molar-refractivity contribution in [1.29, 1.82) is 0 Å². The summed E-state index contributed by atoms with van der Waals surface area (Å²) in [6.07, 6.45) is 4.45. The standard InChI is InChI=1S/C11H13NO3/c1-2-15-11(14)6-5-10-4-3-9(8-13)7-12-10/h3-7,13H,2,8H2,1H3. The zero-order valence-electron chi connectivity index (χ0n) is 8.51. The van der Waals surface area contributed by atoms with Crippen molar-refractivity contribution in [3.05, 3.63) is 35.7 Å². The van der Waals surface area contributed by atoms with E-state index in [1.54, 1.807) is 31.3 Å². The Morgan fingerprint density at radius 3 is 2.93 bits per heavy atom. The molecule has 0 aliphatic carbocycles. The Kier molecular flexibility index (Phi) is 4.50. The fourth-order valence-electron chi connectivity index (χ4n) is 0.972. The predicted molar refractivity (Wildman–Crippen MR) is 55.8 cm³/mol. The quantitative estimate of drug-likeness (QED) is 0.594. The molecule has 1 aromatic heterocycles. The molecule has 4 heteroatoms. The lowest BCUT2D eigenvalue weighted by Crippen LogP contribution is -1.98. The number of nitrogens with zero attached hydrogens (tertiary/aromatic N) is 1. The third-order valence-electron chi connectivity index (χ3n) is 1.71. The van der Waals surface area contributed by atoms with Crippen molar-refractivity contribution < 1.29 is 14.6 Å². The molecular formula is C11H13NO3. The first-order valence-electron chi connectivity index (χ1n) is 4.67. The highest BCUT2D eigenvalue weighted by molar-refractivity contribution is 5.86. The van der Waals surface area contributed by atoms with Gasteiger partial charge in [0.25, 0.3) is 0 Å². The molecule has 1 N–H and O–H groups in total. The van der Waals surface area contributed by atoms with Gasteiger partial charge in [-0.05, 0) is 24.6 Å². The van der Waals surface area contributed by atoms with E-state index >= 15 is 0 Å². The van der Waals surface area contributed by atoms with Gasteiger partial charge in [0.1, 0.15) is 0 Å². The second-order valence-corrected chi connectivity index (χ2v) is 2.83. The average molecular weight is 207 g/mol. The lowest BCUT2D eigenvalue weighted by molar-refractivity contribution is -0.137. The van der Waals surface area contributed by atoms with Crippen molar-refractivity contribution >= 4 is 12.0 Å². The molecule has 0 aromatic carbocycles. The van der Waals surface area contributed by atoms with Crippen molar-refractivity contribution in [3.63, 3.8) is 0 Å². The molecule has 4 nitrogen and oxygen atoms in total. The largest absolute Gasteiger partial charge is 0.463 e. The van der Waals surface area contributed by atoms with Crippen LogP contribution in [0.5, 0.6) is 0 Å². The Bertz CT molecular complexity index is 343. The molecule has 15 heavy (non-hydrogen) atoms. The molecule has 0 unspecified atom stereocenters. The molecule has 0 radical (unpaired) electrons. The first-order valence-corrected chi connectivity index (χ1v) is 4.67. The van der Waals surface area contributed by atoms with Crippen molar-refractivity contribution in [3.8, 4) is 0 Å². The molecule has 1 rings (SSSR count). The maximum Gasteiger partial charge on any atom is 0.330 e. The second kappa shape index (κ2) is 5.93. The molecule has 0 fully saturated rings. The number of esters is 1. The molecule has 0 saturated carbocycles. The predicted octanol–water partition coefficient (Wildman–Crippen LogP) is 1.15. The summed E-state index contributed by atoms with van der Waals surface area (Å²) in [7, 11) is 0. The third-order valence-corrected chi connectivity index (χ3v) is 1.71. The minimum Gasteiger partial charge on any atom is -0.463 e. The molecule has 0 amide bonds. The van der Waals surface area contributed by atoms with E-state index in [0.29, 0.717) is 12.3 Å². The highest BCUT2D eigenvalue weighted by Gasteiger charge is 1.95. The molecule has 1 heterocycles. The number of hydrogen-bond donors (Lipinski definition) is 1. The van der Waals surface area contributed by atoms with E-state index in [4.69, 9.17) is 9.84 Å². The Morgan fingerprint density at radius 1 is 1.60 bits per heavy atom. The monoisotopic (exact) mass is 207 g/mol. The van der Waals surface area contributed by atoms with Crippen LogP contribution in [0.15, 0.2) is 24.4 Å². The Balaban J connectivity index is 2.60. The van der Waals surface area contributed by atoms with Crippen molar-refractivity contribution in [1.82, 2.24) is 4.98 Å². The van der Waals surface area contributed by atoms with E-state index < -0.39 is 0 Å². The highest BCUT2D eigenvalue weighted by Crippen LogP contribution is 2.02. The van der Waals surface area contributed by atoms with E-state index in [2.05, 4.69) is 4.98 Å². The van der Waals surface area contributed by atoms with Crippen LogP contribution in [0.4, 0.5) is 0 Å². The van der Waals surface area contributed by atoms with Crippen molar-refractivity contribution in [2.75, 3.05) is 6.61 Å². The SMILES string of the molecule is CCOC(=O)C=Cc1ccc(CO)cn1. The lowest BCUT2D eigenvalue weighted by Gasteiger charge is -1.96. The van der Waals surface area contributed by atoms with E-state index in [-0.39, 0.29) is 12.6 Å². The fraction of sp³-hybridized carbons (Fsp3) is 0.273. The van der Waals surface area contributed by atoms with Crippen molar-refractivity contribution in [2.45, 2.75) is 13.5 Å². The Morgan fingerprint density at radius 2 is 2.40 bits per heavy atom. The lowest BCUT2D eigenvalue weighted by atomic mass is 10.2. The molecule has 0 aliphatic heterocycles. The van der Waals surface area contributed by atoms with Gasteiger partial charge in [0.15, 0.2) is 0 Å². The summed E-state index contributed by atoms with van der Waals surface area (Å²) in [5.74, 6) is -0.384. The van der Waals surface area contributed by atoms with Gasteiger partial charge in [-0.15, -0.1) is 0 Å². The van der Waals surface area contributed by atoms with Gasteiger partial charge < -0.3 is 9.84 Å². The molecule has 0 bridgehead atoms. The Hall–Kier alpha value is -1.68. The zero-order chi connectivity index (χ0) is 11.1. The Labute approximate surface area is 88.2 Å². The number of ether oxygens (including phenoxy) is 1. The summed E-state index contributed by atoms with van der Waals surface area (Å²) in [4.78, 5) is 15.0. The number of pyridine rings is 1. The van der Waals surface area contributed by atoms with Crippen LogP contribution < -0.4 is 0 Å². The van der Waals surface area contributed by atoms with E-state index in [1.165, 1.54) is 6.08 Å². The van der Waals surface area contributed by atoms with Gasteiger partial charge in [0.05, 0.1) is 18.9 Å². The van der Waals surface area contributed by atoms with Crippen LogP contribution in [0.25, 0.3) is 6.08 Å². The molecule has 1 aromatic rings. The minimum atomic E-state index is -0.384. The van der Waals surface area contributed by atoms with Gasteiger partial charge in [0, 0.05) is 12.3 Å². The number of hydrogen-bond acceptors (Lipinski definition) is 4.